The molecule has 1 fully saturated rings. The minimum Gasteiger partial charge on any atom is -0.330 e. The Kier molecular flexibility index (Phi) is 2.86. The first-order valence-corrected chi connectivity index (χ1v) is 5.52. The molecular weight excluding hydrogens is 190 g/mol. The molecule has 1 saturated carbocycles. The van der Waals surface area contributed by atoms with Crippen molar-refractivity contribution in [3.05, 3.63) is 28.2 Å². The number of rotatable bonds is 4. The fourth-order valence-electron chi connectivity index (χ4n) is 1.72. The first-order valence-electron chi connectivity index (χ1n) is 5.52. The molecule has 1 aliphatic carbocycles. The summed E-state index contributed by atoms with van der Waals surface area (Å²) in [4.78, 5) is 11.6. The van der Waals surface area contributed by atoms with E-state index < -0.39 is 0 Å². The van der Waals surface area contributed by atoms with Crippen LogP contribution < -0.4 is 11.3 Å². The molecular formula is C11H17N3O. The van der Waals surface area contributed by atoms with E-state index in [4.69, 9.17) is 5.73 Å². The fraction of sp³-hybridized carbons (Fsp3) is 0.636. The van der Waals surface area contributed by atoms with Gasteiger partial charge in [0.2, 0.25) is 0 Å². The molecule has 82 valence electrons. The summed E-state index contributed by atoms with van der Waals surface area (Å²) >= 11 is 0. The van der Waals surface area contributed by atoms with E-state index in [1.165, 1.54) is 12.8 Å². The summed E-state index contributed by atoms with van der Waals surface area (Å²) in [6.07, 6.45) is 3.20. The normalized spacial score (nSPS) is 17.7. The Balaban J connectivity index is 2.27. The van der Waals surface area contributed by atoms with E-state index in [0.29, 0.717) is 12.5 Å². The van der Waals surface area contributed by atoms with Gasteiger partial charge in [0.25, 0.3) is 5.56 Å². The standard InChI is InChI=1S/C11H17N3O/c1-8(6-7-12)14-11(15)5-4-10(13-14)9-2-3-9/h4-5,8-9H,2-3,6-7,12H2,1H3/t8-/m0/s1. The third-order valence-corrected chi connectivity index (χ3v) is 2.84. The molecule has 1 aliphatic rings. The summed E-state index contributed by atoms with van der Waals surface area (Å²) in [7, 11) is 0. The Bertz CT molecular complexity index is 395. The summed E-state index contributed by atoms with van der Waals surface area (Å²) in [5.41, 5.74) is 6.51. The minimum absolute atomic E-state index is 0.0275. The van der Waals surface area contributed by atoms with E-state index in [1.54, 1.807) is 10.7 Å². The first kappa shape index (κ1) is 10.4. The van der Waals surface area contributed by atoms with Crippen LogP contribution in [0.3, 0.4) is 0 Å². The van der Waals surface area contributed by atoms with E-state index in [-0.39, 0.29) is 11.6 Å². The lowest BCUT2D eigenvalue weighted by molar-refractivity contribution is 0.437. The van der Waals surface area contributed by atoms with Gasteiger partial charge in [-0.1, -0.05) is 0 Å². The minimum atomic E-state index is -0.0275. The average molecular weight is 207 g/mol. The summed E-state index contributed by atoms with van der Waals surface area (Å²) in [5.74, 6) is 0.585. The van der Waals surface area contributed by atoms with Crippen LogP contribution in [0.2, 0.25) is 0 Å². The smallest absolute Gasteiger partial charge is 0.266 e. The van der Waals surface area contributed by atoms with E-state index in [9.17, 15) is 4.79 Å². The Hall–Kier alpha value is -1.16. The predicted molar refractivity (Wildman–Crippen MR) is 58.9 cm³/mol. The second-order valence-corrected chi connectivity index (χ2v) is 4.24. The zero-order chi connectivity index (χ0) is 10.8. The number of nitrogens with zero attached hydrogens (tertiary/aromatic N) is 2. The quantitative estimate of drug-likeness (QED) is 0.802. The van der Waals surface area contributed by atoms with Gasteiger partial charge in [0.15, 0.2) is 0 Å². The van der Waals surface area contributed by atoms with Gasteiger partial charge in [0.05, 0.1) is 11.7 Å². The molecule has 0 saturated heterocycles. The van der Waals surface area contributed by atoms with Gasteiger partial charge in [-0.05, 0) is 38.8 Å². The highest BCUT2D eigenvalue weighted by atomic mass is 16.1. The molecule has 0 unspecified atom stereocenters. The van der Waals surface area contributed by atoms with Gasteiger partial charge in [-0.3, -0.25) is 4.79 Å². The number of hydrogen-bond acceptors (Lipinski definition) is 3. The predicted octanol–water partition coefficient (Wildman–Crippen LogP) is 1.03. The molecule has 1 aromatic rings. The van der Waals surface area contributed by atoms with Crippen LogP contribution in [-0.2, 0) is 0 Å². The lowest BCUT2D eigenvalue weighted by Crippen LogP contribution is -2.27. The van der Waals surface area contributed by atoms with Crippen molar-refractivity contribution in [1.82, 2.24) is 9.78 Å². The lowest BCUT2D eigenvalue weighted by atomic mass is 10.2. The SMILES string of the molecule is C[C@@H](CCN)n1nc(C2CC2)ccc1=O. The van der Waals surface area contributed by atoms with Crippen molar-refractivity contribution in [2.45, 2.75) is 38.1 Å². The zero-order valence-corrected chi connectivity index (χ0v) is 9.02. The largest absolute Gasteiger partial charge is 0.330 e. The van der Waals surface area contributed by atoms with Crippen molar-refractivity contribution in [1.29, 1.82) is 0 Å². The molecule has 4 nitrogen and oxygen atoms in total. The van der Waals surface area contributed by atoms with Crippen LogP contribution >= 0.6 is 0 Å². The highest BCUT2D eigenvalue weighted by Gasteiger charge is 2.25. The van der Waals surface area contributed by atoms with Gasteiger partial charge in [-0.25, -0.2) is 4.68 Å². The van der Waals surface area contributed by atoms with Crippen molar-refractivity contribution in [2.24, 2.45) is 5.73 Å². The molecule has 2 rings (SSSR count). The molecule has 2 N–H and O–H groups in total. The van der Waals surface area contributed by atoms with Crippen LogP contribution in [0.25, 0.3) is 0 Å². The van der Waals surface area contributed by atoms with E-state index in [2.05, 4.69) is 5.10 Å². The van der Waals surface area contributed by atoms with E-state index in [1.807, 2.05) is 13.0 Å². The van der Waals surface area contributed by atoms with Gasteiger partial charge >= 0.3 is 0 Å². The van der Waals surface area contributed by atoms with Crippen LogP contribution in [0.5, 0.6) is 0 Å². The number of aromatic nitrogens is 2. The molecule has 0 bridgehead atoms. The highest BCUT2D eigenvalue weighted by molar-refractivity contribution is 5.12. The summed E-state index contributed by atoms with van der Waals surface area (Å²) < 4.78 is 1.57. The van der Waals surface area contributed by atoms with Crippen LogP contribution in [0.1, 0.15) is 43.8 Å². The van der Waals surface area contributed by atoms with Crippen molar-refractivity contribution < 1.29 is 0 Å². The van der Waals surface area contributed by atoms with Crippen molar-refractivity contribution in [2.75, 3.05) is 6.54 Å². The summed E-state index contributed by atoms with van der Waals surface area (Å²) in [6, 6.07) is 3.57. The second kappa shape index (κ2) is 4.14. The van der Waals surface area contributed by atoms with Crippen LogP contribution in [0, 0.1) is 0 Å². The van der Waals surface area contributed by atoms with E-state index >= 15 is 0 Å². The van der Waals surface area contributed by atoms with Crippen LogP contribution in [-0.4, -0.2) is 16.3 Å². The van der Waals surface area contributed by atoms with Crippen LogP contribution in [0.4, 0.5) is 0 Å². The van der Waals surface area contributed by atoms with Gasteiger partial charge in [-0.2, -0.15) is 5.10 Å². The molecule has 1 atom stereocenters. The van der Waals surface area contributed by atoms with Gasteiger partial charge in [0, 0.05) is 12.0 Å². The molecule has 0 aliphatic heterocycles. The highest BCUT2D eigenvalue weighted by Crippen LogP contribution is 2.38. The topological polar surface area (TPSA) is 60.9 Å². The number of hydrogen-bond donors (Lipinski definition) is 1. The molecule has 15 heavy (non-hydrogen) atoms. The summed E-state index contributed by atoms with van der Waals surface area (Å²) in [6.45, 7) is 2.57. The fourth-order valence-corrected chi connectivity index (χ4v) is 1.72. The number of nitrogens with two attached hydrogens (primary N) is 1. The Morgan fingerprint density at radius 3 is 2.93 bits per heavy atom. The van der Waals surface area contributed by atoms with E-state index in [0.717, 1.165) is 12.1 Å². The van der Waals surface area contributed by atoms with Crippen molar-refractivity contribution in [3.63, 3.8) is 0 Å². The Morgan fingerprint density at radius 1 is 1.60 bits per heavy atom. The van der Waals surface area contributed by atoms with Crippen molar-refractivity contribution in [3.8, 4) is 0 Å². The Labute approximate surface area is 89.1 Å². The van der Waals surface area contributed by atoms with Crippen LogP contribution in [0.15, 0.2) is 16.9 Å². The van der Waals surface area contributed by atoms with Gasteiger partial charge < -0.3 is 5.73 Å². The monoisotopic (exact) mass is 207 g/mol. The third-order valence-electron chi connectivity index (χ3n) is 2.84. The molecule has 1 aromatic heterocycles. The first-order chi connectivity index (χ1) is 7.22. The van der Waals surface area contributed by atoms with Gasteiger partial charge in [-0.15, -0.1) is 0 Å². The maximum atomic E-state index is 11.6. The molecule has 1 heterocycles. The average Bonchev–Trinajstić information content (AvgIpc) is 3.02. The summed E-state index contributed by atoms with van der Waals surface area (Å²) in [5, 5.41) is 4.40. The molecule has 4 heteroatoms. The maximum Gasteiger partial charge on any atom is 0.266 e. The maximum absolute atomic E-state index is 11.6. The van der Waals surface area contributed by atoms with Crippen molar-refractivity contribution >= 4 is 0 Å². The second-order valence-electron chi connectivity index (χ2n) is 4.24. The zero-order valence-electron chi connectivity index (χ0n) is 9.02. The molecule has 0 aromatic carbocycles. The third kappa shape index (κ3) is 2.26. The molecule has 0 radical (unpaired) electrons. The molecule has 0 spiro atoms. The lowest BCUT2D eigenvalue weighted by Gasteiger charge is -2.13. The Morgan fingerprint density at radius 2 is 2.33 bits per heavy atom. The molecule has 0 amide bonds. The van der Waals surface area contributed by atoms with Gasteiger partial charge in [0.1, 0.15) is 0 Å².